The first-order chi connectivity index (χ1) is 20.7. The number of aromatic nitrogens is 4. The van der Waals surface area contributed by atoms with Crippen LogP contribution in [-0.2, 0) is 25.6 Å². The molecule has 5 N–H and O–H groups in total. The molecule has 0 saturated carbocycles. The van der Waals surface area contributed by atoms with Crippen LogP contribution in [0.3, 0.4) is 0 Å². The second kappa shape index (κ2) is 16.8. The highest BCUT2D eigenvalue weighted by Crippen LogP contribution is 2.19. The van der Waals surface area contributed by atoms with Crippen molar-refractivity contribution in [2.24, 2.45) is 0 Å². The Morgan fingerprint density at radius 1 is 0.930 bits per heavy atom. The Bertz CT molecular complexity index is 1370. The molecule has 13 nitrogen and oxygen atoms in total. The summed E-state index contributed by atoms with van der Waals surface area (Å²) in [6, 6.07) is 5.92. The zero-order chi connectivity index (χ0) is 31.2. The third-order valence-corrected chi connectivity index (χ3v) is 6.70. The predicted octanol–water partition coefficient (Wildman–Crippen LogP) is 3.57. The van der Waals surface area contributed by atoms with Gasteiger partial charge in [0, 0.05) is 24.7 Å². The number of hydrogen-bond acceptors (Lipinski definition) is 12. The van der Waals surface area contributed by atoms with Crippen LogP contribution in [0.25, 0.3) is 11.2 Å². The van der Waals surface area contributed by atoms with Crippen molar-refractivity contribution in [2.45, 2.75) is 77.8 Å². The van der Waals surface area contributed by atoms with Gasteiger partial charge in [0.2, 0.25) is 5.95 Å². The van der Waals surface area contributed by atoms with E-state index in [2.05, 4.69) is 39.1 Å². The smallest absolute Gasteiger partial charge is 0.328 e. The van der Waals surface area contributed by atoms with Crippen molar-refractivity contribution in [3.05, 3.63) is 41.7 Å². The van der Waals surface area contributed by atoms with Gasteiger partial charge in [0.05, 0.1) is 31.6 Å². The summed E-state index contributed by atoms with van der Waals surface area (Å²) in [6.07, 6.45) is 7.11. The topological polar surface area (TPSA) is 189 Å². The molecule has 1 atom stereocenters. The van der Waals surface area contributed by atoms with E-state index >= 15 is 0 Å². The van der Waals surface area contributed by atoms with E-state index in [1.807, 2.05) is 11.9 Å². The van der Waals surface area contributed by atoms with Gasteiger partial charge in [-0.3, -0.25) is 9.59 Å². The Morgan fingerprint density at radius 2 is 1.60 bits per heavy atom. The van der Waals surface area contributed by atoms with Crippen LogP contribution in [0.1, 0.15) is 81.3 Å². The number of nitrogens with zero attached hydrogens (tertiary/aromatic N) is 5. The van der Waals surface area contributed by atoms with Crippen molar-refractivity contribution in [3.8, 4) is 0 Å². The lowest BCUT2D eigenvalue weighted by Crippen LogP contribution is -2.42. The van der Waals surface area contributed by atoms with Crippen LogP contribution in [0.4, 0.5) is 17.5 Å². The molecule has 0 aliphatic heterocycles. The molecule has 0 spiro atoms. The average Bonchev–Trinajstić information content (AvgIpc) is 2.99. The number of nitrogens with two attached hydrogens (primary N) is 2. The number of carbonyl (C=O) groups is 3. The highest BCUT2D eigenvalue weighted by molar-refractivity contribution is 5.97. The SMILES string of the molecule is CCCCCOC(=O)CCC(NC(=O)c1ccc(N(C)Cc2cnc3nc(N)nc(N)c3n2)cc1)C(=O)OCCCCC. The number of benzene rings is 1. The Balaban J connectivity index is 1.61. The Kier molecular flexibility index (Phi) is 12.9. The number of unbranched alkanes of at least 4 members (excludes halogenated alkanes) is 4. The van der Waals surface area contributed by atoms with Crippen LogP contribution >= 0.6 is 0 Å². The number of nitrogens with one attached hydrogen (secondary N) is 1. The maximum absolute atomic E-state index is 13.1. The largest absolute Gasteiger partial charge is 0.466 e. The Hall–Kier alpha value is -4.55. The summed E-state index contributed by atoms with van der Waals surface area (Å²) in [7, 11) is 1.87. The molecule has 1 aromatic carbocycles. The quantitative estimate of drug-likeness (QED) is 0.152. The van der Waals surface area contributed by atoms with Crippen LogP contribution in [0.2, 0.25) is 0 Å². The maximum Gasteiger partial charge on any atom is 0.328 e. The summed E-state index contributed by atoms with van der Waals surface area (Å²) in [4.78, 5) is 56.8. The van der Waals surface area contributed by atoms with Gasteiger partial charge in [0.15, 0.2) is 17.0 Å². The lowest BCUT2D eigenvalue weighted by molar-refractivity contribution is -0.147. The average molecular weight is 595 g/mol. The van der Waals surface area contributed by atoms with E-state index in [1.165, 1.54) is 0 Å². The minimum Gasteiger partial charge on any atom is -0.466 e. The zero-order valence-corrected chi connectivity index (χ0v) is 25.2. The van der Waals surface area contributed by atoms with Crippen LogP contribution in [-0.4, -0.2) is 64.1 Å². The molecule has 43 heavy (non-hydrogen) atoms. The van der Waals surface area contributed by atoms with Crippen LogP contribution in [0.15, 0.2) is 30.5 Å². The number of esters is 2. The first-order valence-electron chi connectivity index (χ1n) is 14.7. The molecule has 1 amide bonds. The highest BCUT2D eigenvalue weighted by atomic mass is 16.5. The van der Waals surface area contributed by atoms with Gasteiger partial charge >= 0.3 is 11.9 Å². The molecule has 0 saturated heterocycles. The predicted molar refractivity (Wildman–Crippen MR) is 164 cm³/mol. The summed E-state index contributed by atoms with van der Waals surface area (Å²) in [5.74, 6) is -1.23. The molecule has 3 aromatic rings. The lowest BCUT2D eigenvalue weighted by Gasteiger charge is -2.20. The van der Waals surface area contributed by atoms with E-state index in [0.29, 0.717) is 35.6 Å². The molecular formula is C30H42N8O5. The van der Waals surface area contributed by atoms with Crippen molar-refractivity contribution in [2.75, 3.05) is 36.6 Å². The summed E-state index contributed by atoms with van der Waals surface area (Å²) >= 11 is 0. The van der Waals surface area contributed by atoms with E-state index in [1.54, 1.807) is 30.5 Å². The summed E-state index contributed by atoms with van der Waals surface area (Å²) in [5.41, 5.74) is 14.1. The maximum atomic E-state index is 13.1. The van der Waals surface area contributed by atoms with Crippen molar-refractivity contribution >= 4 is 46.5 Å². The van der Waals surface area contributed by atoms with Crippen molar-refractivity contribution in [3.63, 3.8) is 0 Å². The number of amides is 1. The molecule has 232 valence electrons. The molecule has 2 heterocycles. The number of fused-ring (bicyclic) bond motifs is 1. The molecular weight excluding hydrogens is 552 g/mol. The standard InChI is InChI=1S/C30H42N8O5/c1-4-6-8-16-42-24(39)15-14-23(29(41)43-17-9-7-5-2)35-28(40)20-10-12-22(13-11-20)38(3)19-21-18-33-27-25(34-21)26(31)36-30(32)37-27/h10-13,18,23H,4-9,14-17,19H2,1-3H3,(H,35,40)(H4,31,32,33,36,37). The summed E-state index contributed by atoms with van der Waals surface area (Å²) in [5, 5.41) is 2.73. The normalized spacial score (nSPS) is 11.6. The Labute approximate surface area is 251 Å². The molecule has 0 radical (unpaired) electrons. The van der Waals surface area contributed by atoms with Gasteiger partial charge in [-0.2, -0.15) is 9.97 Å². The molecule has 0 bridgehead atoms. The number of nitrogen functional groups attached to an aromatic ring is 2. The molecule has 3 rings (SSSR count). The fourth-order valence-electron chi connectivity index (χ4n) is 4.25. The van der Waals surface area contributed by atoms with Crippen molar-refractivity contribution < 1.29 is 23.9 Å². The Morgan fingerprint density at radius 3 is 2.28 bits per heavy atom. The van der Waals surface area contributed by atoms with Gasteiger partial charge in [-0.15, -0.1) is 0 Å². The molecule has 1 unspecified atom stereocenters. The monoisotopic (exact) mass is 594 g/mol. The first kappa shape index (κ1) is 33.0. The zero-order valence-electron chi connectivity index (χ0n) is 25.2. The second-order valence-electron chi connectivity index (χ2n) is 10.3. The van der Waals surface area contributed by atoms with Gasteiger partial charge < -0.3 is 31.2 Å². The van der Waals surface area contributed by atoms with Gasteiger partial charge in [0.1, 0.15) is 6.04 Å². The number of ether oxygens (including phenoxy) is 2. The second-order valence-corrected chi connectivity index (χ2v) is 10.3. The molecule has 2 aromatic heterocycles. The van der Waals surface area contributed by atoms with E-state index in [9.17, 15) is 14.4 Å². The molecule has 0 aliphatic rings. The summed E-state index contributed by atoms with van der Waals surface area (Å²) < 4.78 is 10.6. The van der Waals surface area contributed by atoms with Crippen molar-refractivity contribution in [1.29, 1.82) is 0 Å². The number of hydrogen-bond donors (Lipinski definition) is 3. The van der Waals surface area contributed by atoms with Gasteiger partial charge in [-0.25, -0.2) is 14.8 Å². The summed E-state index contributed by atoms with van der Waals surface area (Å²) in [6.45, 7) is 5.13. The van der Waals surface area contributed by atoms with Crippen LogP contribution < -0.4 is 21.7 Å². The highest BCUT2D eigenvalue weighted by Gasteiger charge is 2.24. The van der Waals surface area contributed by atoms with E-state index in [0.717, 1.165) is 44.2 Å². The fourth-order valence-corrected chi connectivity index (χ4v) is 4.25. The van der Waals surface area contributed by atoms with Crippen molar-refractivity contribution in [1.82, 2.24) is 25.3 Å². The van der Waals surface area contributed by atoms with Gasteiger partial charge in [-0.1, -0.05) is 39.5 Å². The fraction of sp³-hybridized carbons (Fsp3) is 0.500. The van der Waals surface area contributed by atoms with E-state index in [-0.39, 0.29) is 31.2 Å². The first-order valence-corrected chi connectivity index (χ1v) is 14.7. The number of rotatable bonds is 17. The third-order valence-electron chi connectivity index (χ3n) is 6.70. The minimum absolute atomic E-state index is 0.00626. The molecule has 0 aliphatic carbocycles. The van der Waals surface area contributed by atoms with Crippen LogP contribution in [0, 0.1) is 0 Å². The van der Waals surface area contributed by atoms with E-state index < -0.39 is 23.9 Å². The number of carbonyl (C=O) groups excluding carboxylic acids is 3. The van der Waals surface area contributed by atoms with Crippen LogP contribution in [0.5, 0.6) is 0 Å². The minimum atomic E-state index is -0.974. The molecule has 13 heteroatoms. The van der Waals surface area contributed by atoms with Gasteiger partial charge in [-0.05, 0) is 43.5 Å². The van der Waals surface area contributed by atoms with E-state index in [4.69, 9.17) is 20.9 Å². The molecule has 0 fully saturated rings. The third kappa shape index (κ3) is 10.3. The van der Waals surface area contributed by atoms with Gasteiger partial charge in [0.25, 0.3) is 5.91 Å². The lowest BCUT2D eigenvalue weighted by atomic mass is 10.1. The number of anilines is 3.